The Hall–Kier alpha value is 0.160. The summed E-state index contributed by atoms with van der Waals surface area (Å²) in [7, 11) is 0. The van der Waals surface area contributed by atoms with Crippen LogP contribution in [-0.4, -0.2) is 4.37 Å². The van der Waals surface area contributed by atoms with Crippen LogP contribution in [-0.2, 0) is 0 Å². The average Bonchev–Trinajstić information content (AvgIpc) is 1.87. The van der Waals surface area contributed by atoms with Crippen molar-refractivity contribution in [1.29, 1.82) is 0 Å². The second-order valence-electron chi connectivity index (χ2n) is 1.02. The second-order valence-corrected chi connectivity index (χ2v) is 3.76. The van der Waals surface area contributed by atoms with Crippen molar-refractivity contribution in [3.05, 3.63) is 19.3 Å². The molecule has 0 aliphatic carbocycles. The molecule has 1 rings (SSSR count). The van der Waals surface area contributed by atoms with Crippen LogP contribution in [0.3, 0.4) is 0 Å². The third-order valence-corrected chi connectivity index (χ3v) is 2.08. The number of rotatable bonds is 0. The van der Waals surface area contributed by atoms with Crippen LogP contribution in [0.25, 0.3) is 0 Å². The third kappa shape index (κ3) is 1.27. The highest BCUT2D eigenvalue weighted by molar-refractivity contribution is 14.1. The van der Waals surface area contributed by atoms with E-state index in [2.05, 4.69) is 27.0 Å². The lowest BCUT2D eigenvalue weighted by atomic mass is 10.8. The highest BCUT2D eigenvalue weighted by Crippen LogP contribution is 2.02. The fourth-order valence-corrected chi connectivity index (χ4v) is 1.30. The first-order valence-corrected chi connectivity index (χ1v) is 3.52. The van der Waals surface area contributed by atoms with Gasteiger partial charge in [0.15, 0.2) is 0 Å². The van der Waals surface area contributed by atoms with Crippen molar-refractivity contribution in [3.63, 3.8) is 0 Å². The summed E-state index contributed by atoms with van der Waals surface area (Å²) in [5.74, 6) is 0. The van der Waals surface area contributed by atoms with Crippen LogP contribution in [0.1, 0.15) is 0 Å². The first-order chi connectivity index (χ1) is 3.29. The predicted octanol–water partition coefficient (Wildman–Crippen LogP) is 1.04. The van der Waals surface area contributed by atoms with Crippen molar-refractivity contribution in [2.75, 3.05) is 0 Å². The SMILES string of the molecule is O=c1cc(I)s[nH]1. The summed E-state index contributed by atoms with van der Waals surface area (Å²) in [5.41, 5.74) is -0.00519. The molecule has 0 fully saturated rings. The Kier molecular flexibility index (Phi) is 1.48. The zero-order valence-corrected chi connectivity index (χ0v) is 6.25. The Morgan fingerprint density at radius 1 is 1.86 bits per heavy atom. The molecular weight excluding hydrogens is 225 g/mol. The van der Waals surface area contributed by atoms with Crippen molar-refractivity contribution in [1.82, 2.24) is 4.37 Å². The van der Waals surface area contributed by atoms with E-state index in [-0.39, 0.29) is 5.56 Å². The molecule has 0 spiro atoms. The topological polar surface area (TPSA) is 32.9 Å². The highest BCUT2D eigenvalue weighted by Gasteiger charge is 1.86. The molecule has 2 nitrogen and oxygen atoms in total. The van der Waals surface area contributed by atoms with Crippen molar-refractivity contribution in [2.24, 2.45) is 0 Å². The first-order valence-electron chi connectivity index (χ1n) is 1.63. The van der Waals surface area contributed by atoms with Gasteiger partial charge in [0.05, 0.1) is 2.88 Å². The van der Waals surface area contributed by atoms with Gasteiger partial charge in [-0.15, -0.1) is 0 Å². The number of halogens is 1. The standard InChI is InChI=1S/C3H2INOS/c4-2-1-3(6)5-7-2/h1H,(H,5,6). The molecule has 1 N–H and O–H groups in total. The number of nitrogens with one attached hydrogen (secondary N) is 1. The maximum Gasteiger partial charge on any atom is 0.259 e. The monoisotopic (exact) mass is 227 g/mol. The number of H-pyrrole nitrogens is 1. The number of aromatic amines is 1. The molecule has 0 aliphatic rings. The normalized spacial score (nSPS) is 9.29. The van der Waals surface area contributed by atoms with E-state index < -0.39 is 0 Å². The smallest absolute Gasteiger partial charge is 0.259 e. The molecule has 0 unspecified atom stereocenters. The highest BCUT2D eigenvalue weighted by atomic mass is 127. The minimum atomic E-state index is -0.00519. The molecular formula is C3H2INOS. The number of hydrogen-bond acceptors (Lipinski definition) is 2. The van der Waals surface area contributed by atoms with Crippen molar-refractivity contribution in [2.45, 2.75) is 0 Å². The lowest BCUT2D eigenvalue weighted by Gasteiger charge is -1.60. The van der Waals surface area contributed by atoms with Crippen LogP contribution >= 0.6 is 34.1 Å². The van der Waals surface area contributed by atoms with Gasteiger partial charge >= 0.3 is 0 Å². The van der Waals surface area contributed by atoms with Gasteiger partial charge in [-0.2, -0.15) is 0 Å². The molecule has 38 valence electrons. The Labute approximate surface area is 57.9 Å². The third-order valence-electron chi connectivity index (χ3n) is 0.494. The molecule has 0 bridgehead atoms. The maximum atomic E-state index is 10.2. The summed E-state index contributed by atoms with van der Waals surface area (Å²) in [4.78, 5) is 10.2. The van der Waals surface area contributed by atoms with Gasteiger partial charge in [-0.3, -0.25) is 9.17 Å². The molecule has 0 aliphatic heterocycles. The van der Waals surface area contributed by atoms with Crippen molar-refractivity contribution < 1.29 is 0 Å². The van der Waals surface area contributed by atoms with Gasteiger partial charge in [-0.1, -0.05) is 11.5 Å². The summed E-state index contributed by atoms with van der Waals surface area (Å²) in [6, 6.07) is 1.56. The summed E-state index contributed by atoms with van der Waals surface area (Å²) in [6.07, 6.45) is 0. The number of aromatic nitrogens is 1. The van der Waals surface area contributed by atoms with Crippen LogP contribution < -0.4 is 5.56 Å². The Morgan fingerprint density at radius 2 is 2.57 bits per heavy atom. The molecule has 4 heteroatoms. The zero-order chi connectivity index (χ0) is 5.28. The van der Waals surface area contributed by atoms with Gasteiger partial charge in [0.1, 0.15) is 0 Å². The molecule has 0 radical (unpaired) electrons. The minimum absolute atomic E-state index is 0.00519. The van der Waals surface area contributed by atoms with Crippen molar-refractivity contribution >= 4 is 34.1 Å². The Morgan fingerprint density at radius 3 is 2.71 bits per heavy atom. The van der Waals surface area contributed by atoms with Gasteiger partial charge in [0.25, 0.3) is 5.56 Å². The maximum absolute atomic E-state index is 10.2. The van der Waals surface area contributed by atoms with Crippen LogP contribution in [0.4, 0.5) is 0 Å². The molecule has 0 saturated heterocycles. The quantitative estimate of drug-likeness (QED) is 0.660. The molecule has 0 atom stereocenters. The predicted molar refractivity (Wildman–Crippen MR) is 37.7 cm³/mol. The average molecular weight is 227 g/mol. The number of hydrogen-bond donors (Lipinski definition) is 1. The lowest BCUT2D eigenvalue weighted by molar-refractivity contribution is 1.43. The van der Waals surface area contributed by atoms with Gasteiger partial charge in [-0.25, -0.2) is 0 Å². The summed E-state index contributed by atoms with van der Waals surface area (Å²) >= 11 is 3.44. The lowest BCUT2D eigenvalue weighted by Crippen LogP contribution is -1.91. The van der Waals surface area contributed by atoms with E-state index in [1.54, 1.807) is 6.07 Å². The van der Waals surface area contributed by atoms with E-state index in [0.717, 1.165) is 2.88 Å². The van der Waals surface area contributed by atoms with Crippen LogP contribution in [0, 0.1) is 2.88 Å². The Balaban J connectivity index is 3.30. The summed E-state index contributed by atoms with van der Waals surface area (Å²) < 4.78 is 3.55. The second kappa shape index (κ2) is 1.95. The molecule has 0 aromatic carbocycles. The van der Waals surface area contributed by atoms with Gasteiger partial charge < -0.3 is 0 Å². The minimum Gasteiger partial charge on any atom is -0.277 e. The Bertz CT molecular complexity index is 203. The summed E-state index contributed by atoms with van der Waals surface area (Å²) in [6.45, 7) is 0. The first kappa shape index (κ1) is 5.30. The van der Waals surface area contributed by atoms with E-state index in [1.165, 1.54) is 11.5 Å². The molecule has 7 heavy (non-hydrogen) atoms. The van der Waals surface area contributed by atoms with Gasteiger partial charge in [0, 0.05) is 6.07 Å². The van der Waals surface area contributed by atoms with Gasteiger partial charge in [-0.05, 0) is 22.6 Å². The molecule has 0 saturated carbocycles. The summed E-state index contributed by atoms with van der Waals surface area (Å²) in [5, 5.41) is 0. The fourth-order valence-electron chi connectivity index (χ4n) is 0.261. The van der Waals surface area contributed by atoms with Crippen LogP contribution in [0.15, 0.2) is 10.9 Å². The zero-order valence-electron chi connectivity index (χ0n) is 3.27. The molecule has 0 amide bonds. The van der Waals surface area contributed by atoms with Gasteiger partial charge in [0.2, 0.25) is 0 Å². The van der Waals surface area contributed by atoms with Crippen LogP contribution in [0.5, 0.6) is 0 Å². The van der Waals surface area contributed by atoms with Crippen LogP contribution in [0.2, 0.25) is 0 Å². The fraction of sp³-hybridized carbons (Fsp3) is 0. The largest absolute Gasteiger partial charge is 0.277 e. The van der Waals surface area contributed by atoms with E-state index in [9.17, 15) is 4.79 Å². The van der Waals surface area contributed by atoms with E-state index in [0.29, 0.717) is 0 Å². The molecule has 1 aromatic heterocycles. The van der Waals surface area contributed by atoms with E-state index in [1.807, 2.05) is 0 Å². The van der Waals surface area contributed by atoms with E-state index in [4.69, 9.17) is 0 Å². The van der Waals surface area contributed by atoms with E-state index >= 15 is 0 Å². The molecule has 1 aromatic rings. The van der Waals surface area contributed by atoms with Crippen molar-refractivity contribution in [3.8, 4) is 0 Å². The molecule has 1 heterocycles.